The number of aromatic nitrogens is 2. The van der Waals surface area contributed by atoms with E-state index >= 15 is 0 Å². The molecule has 0 amide bonds. The molecular formula is C22H17ClFN3O2. The van der Waals surface area contributed by atoms with Crippen molar-refractivity contribution in [1.29, 1.82) is 0 Å². The number of nitrogens with one attached hydrogen (secondary N) is 1. The predicted molar refractivity (Wildman–Crippen MR) is 110 cm³/mol. The third kappa shape index (κ3) is 4.07. The van der Waals surface area contributed by atoms with E-state index in [1.54, 1.807) is 37.4 Å². The molecule has 1 aromatic heterocycles. The van der Waals surface area contributed by atoms with Crippen LogP contribution in [0.5, 0.6) is 5.75 Å². The predicted octanol–water partition coefficient (Wildman–Crippen LogP) is 5.74. The molecule has 0 bridgehead atoms. The number of methoxy groups -OCH3 is 1. The van der Waals surface area contributed by atoms with Crippen LogP contribution < -0.4 is 10.1 Å². The maximum absolute atomic E-state index is 14.1. The second-order valence-electron chi connectivity index (χ2n) is 6.26. The molecule has 0 fully saturated rings. The summed E-state index contributed by atoms with van der Waals surface area (Å²) in [6.45, 7) is 0. The molecule has 1 unspecified atom stereocenters. The van der Waals surface area contributed by atoms with E-state index in [0.29, 0.717) is 16.7 Å². The minimum atomic E-state index is -0.450. The standard InChI is InChI=1S/C22H17ClFN3O2/c1-28-19-12-11-15(13-17(19)23)25-20(14-7-3-2-4-8-14)22-27-26-21(29-22)16-9-5-6-10-18(16)24/h2-13,20,25H,1H3. The molecule has 5 nitrogen and oxygen atoms in total. The number of nitrogens with zero attached hydrogens (tertiary/aromatic N) is 2. The first-order valence-electron chi connectivity index (χ1n) is 8.89. The van der Waals surface area contributed by atoms with Gasteiger partial charge in [0.15, 0.2) is 0 Å². The number of anilines is 1. The Kier molecular flexibility index (Phi) is 5.44. The number of ether oxygens (including phenoxy) is 1. The number of hydrogen-bond acceptors (Lipinski definition) is 5. The summed E-state index contributed by atoms with van der Waals surface area (Å²) in [6.07, 6.45) is 0. The molecule has 0 spiro atoms. The van der Waals surface area contributed by atoms with Crippen LogP contribution in [0.15, 0.2) is 77.2 Å². The molecule has 4 aromatic rings. The lowest BCUT2D eigenvalue weighted by Crippen LogP contribution is -2.13. The maximum atomic E-state index is 14.1. The lowest BCUT2D eigenvalue weighted by atomic mass is 10.1. The normalized spacial score (nSPS) is 11.8. The Bertz CT molecular complexity index is 1120. The highest BCUT2D eigenvalue weighted by atomic mass is 35.5. The summed E-state index contributed by atoms with van der Waals surface area (Å²) in [7, 11) is 1.56. The van der Waals surface area contributed by atoms with Crippen molar-refractivity contribution in [3.8, 4) is 17.2 Å². The first kappa shape index (κ1) is 19.0. The second kappa shape index (κ2) is 8.32. The van der Waals surface area contributed by atoms with Crippen molar-refractivity contribution in [2.75, 3.05) is 12.4 Å². The Morgan fingerprint density at radius 1 is 1.00 bits per heavy atom. The van der Waals surface area contributed by atoms with Gasteiger partial charge in [0.25, 0.3) is 5.89 Å². The van der Waals surface area contributed by atoms with Crippen molar-refractivity contribution in [1.82, 2.24) is 10.2 Å². The van der Waals surface area contributed by atoms with Gasteiger partial charge in [0.2, 0.25) is 5.89 Å². The van der Waals surface area contributed by atoms with Gasteiger partial charge in [-0.25, -0.2) is 4.39 Å². The third-order valence-corrected chi connectivity index (χ3v) is 4.68. The van der Waals surface area contributed by atoms with E-state index in [1.165, 1.54) is 6.07 Å². The van der Waals surface area contributed by atoms with Gasteiger partial charge in [-0.3, -0.25) is 0 Å². The van der Waals surface area contributed by atoms with Crippen LogP contribution in [-0.2, 0) is 0 Å². The second-order valence-corrected chi connectivity index (χ2v) is 6.67. The van der Waals surface area contributed by atoms with E-state index < -0.39 is 11.9 Å². The van der Waals surface area contributed by atoms with Crippen molar-refractivity contribution in [3.63, 3.8) is 0 Å². The van der Waals surface area contributed by atoms with Crippen molar-refractivity contribution in [2.24, 2.45) is 0 Å². The van der Waals surface area contributed by atoms with Gasteiger partial charge in [-0.2, -0.15) is 0 Å². The topological polar surface area (TPSA) is 60.2 Å². The number of halogens is 2. The SMILES string of the molecule is COc1ccc(NC(c2ccccc2)c2nnc(-c3ccccc3F)o2)cc1Cl. The molecule has 3 aromatic carbocycles. The first-order valence-corrected chi connectivity index (χ1v) is 9.27. The molecule has 0 aliphatic rings. The summed E-state index contributed by atoms with van der Waals surface area (Å²) >= 11 is 6.25. The highest BCUT2D eigenvalue weighted by Crippen LogP contribution is 2.32. The van der Waals surface area contributed by atoms with Crippen molar-refractivity contribution in [2.45, 2.75) is 6.04 Å². The summed E-state index contributed by atoms with van der Waals surface area (Å²) in [6, 6.07) is 20.8. The zero-order valence-corrected chi connectivity index (χ0v) is 16.2. The molecule has 0 radical (unpaired) electrons. The fourth-order valence-electron chi connectivity index (χ4n) is 2.95. The first-order chi connectivity index (χ1) is 14.2. The minimum Gasteiger partial charge on any atom is -0.495 e. The molecular weight excluding hydrogens is 393 g/mol. The van der Waals surface area contributed by atoms with Crippen LogP contribution in [0.4, 0.5) is 10.1 Å². The van der Waals surface area contributed by atoms with Gasteiger partial charge in [0.05, 0.1) is 17.7 Å². The maximum Gasteiger partial charge on any atom is 0.250 e. The third-order valence-electron chi connectivity index (χ3n) is 4.39. The molecule has 0 aliphatic carbocycles. The van der Waals surface area contributed by atoms with Crippen molar-refractivity contribution < 1.29 is 13.5 Å². The van der Waals surface area contributed by atoms with Crippen LogP contribution in [0.3, 0.4) is 0 Å². The average Bonchev–Trinajstić information content (AvgIpc) is 3.23. The summed E-state index contributed by atoms with van der Waals surface area (Å²) < 4.78 is 25.1. The Morgan fingerprint density at radius 2 is 1.76 bits per heavy atom. The fraction of sp³-hybridized carbons (Fsp3) is 0.0909. The Balaban J connectivity index is 1.71. The summed E-state index contributed by atoms with van der Waals surface area (Å²) in [5.41, 5.74) is 1.91. The van der Waals surface area contributed by atoms with Gasteiger partial charge in [-0.1, -0.05) is 54.1 Å². The van der Waals surface area contributed by atoms with Crippen LogP contribution in [0.25, 0.3) is 11.5 Å². The van der Waals surface area contributed by atoms with Gasteiger partial charge in [0.1, 0.15) is 17.6 Å². The van der Waals surface area contributed by atoms with Crippen LogP contribution in [0.2, 0.25) is 5.02 Å². The molecule has 1 atom stereocenters. The molecule has 1 heterocycles. The number of hydrogen-bond donors (Lipinski definition) is 1. The van der Waals surface area contributed by atoms with Gasteiger partial charge < -0.3 is 14.5 Å². The van der Waals surface area contributed by atoms with E-state index in [-0.39, 0.29) is 11.5 Å². The number of rotatable bonds is 6. The Labute approximate surface area is 172 Å². The summed E-state index contributed by atoms with van der Waals surface area (Å²) in [4.78, 5) is 0. The largest absolute Gasteiger partial charge is 0.495 e. The van der Waals surface area contributed by atoms with Crippen LogP contribution in [0, 0.1) is 5.82 Å². The highest BCUT2D eigenvalue weighted by Gasteiger charge is 2.22. The smallest absolute Gasteiger partial charge is 0.250 e. The molecule has 0 saturated heterocycles. The zero-order valence-electron chi connectivity index (χ0n) is 15.5. The molecule has 1 N–H and O–H groups in total. The monoisotopic (exact) mass is 409 g/mol. The van der Waals surface area contributed by atoms with Gasteiger partial charge >= 0.3 is 0 Å². The summed E-state index contributed by atoms with van der Waals surface area (Å²) in [5, 5.41) is 12.0. The van der Waals surface area contributed by atoms with Gasteiger partial charge in [-0.05, 0) is 35.9 Å². The van der Waals surface area contributed by atoms with Crippen LogP contribution >= 0.6 is 11.6 Å². The van der Waals surface area contributed by atoms with E-state index in [4.69, 9.17) is 20.8 Å². The van der Waals surface area contributed by atoms with E-state index in [2.05, 4.69) is 15.5 Å². The molecule has 4 rings (SSSR count). The quantitative estimate of drug-likeness (QED) is 0.440. The van der Waals surface area contributed by atoms with Crippen molar-refractivity contribution >= 4 is 17.3 Å². The molecule has 0 saturated carbocycles. The van der Waals surface area contributed by atoms with E-state index in [0.717, 1.165) is 11.3 Å². The lowest BCUT2D eigenvalue weighted by molar-refractivity contribution is 0.415. The Morgan fingerprint density at radius 3 is 2.48 bits per heavy atom. The molecule has 0 aliphatic heterocycles. The molecule has 29 heavy (non-hydrogen) atoms. The molecule has 146 valence electrons. The number of benzene rings is 3. The fourth-order valence-corrected chi connectivity index (χ4v) is 3.21. The lowest BCUT2D eigenvalue weighted by Gasteiger charge is -2.17. The zero-order chi connectivity index (χ0) is 20.2. The van der Waals surface area contributed by atoms with Crippen molar-refractivity contribution in [3.05, 3.63) is 95.1 Å². The minimum absolute atomic E-state index is 0.119. The average molecular weight is 410 g/mol. The van der Waals surface area contributed by atoms with Crippen LogP contribution in [-0.4, -0.2) is 17.3 Å². The highest BCUT2D eigenvalue weighted by molar-refractivity contribution is 6.32. The van der Waals surface area contributed by atoms with E-state index in [1.807, 2.05) is 36.4 Å². The van der Waals surface area contributed by atoms with Crippen LogP contribution in [0.1, 0.15) is 17.5 Å². The van der Waals surface area contributed by atoms with E-state index in [9.17, 15) is 4.39 Å². The van der Waals surface area contributed by atoms with Gasteiger partial charge in [0, 0.05) is 5.69 Å². The Hall–Kier alpha value is -3.38. The van der Waals surface area contributed by atoms with Gasteiger partial charge in [-0.15, -0.1) is 10.2 Å². The molecule has 7 heteroatoms. The summed E-state index contributed by atoms with van der Waals surface area (Å²) in [5.74, 6) is 0.581.